The molecule has 0 bridgehead atoms. The van der Waals surface area contributed by atoms with Gasteiger partial charge in [-0.3, -0.25) is 0 Å². The van der Waals surface area contributed by atoms with Crippen LogP contribution in [0.2, 0.25) is 0 Å². The van der Waals surface area contributed by atoms with Crippen LogP contribution in [0.3, 0.4) is 0 Å². The van der Waals surface area contributed by atoms with Crippen molar-refractivity contribution in [1.82, 2.24) is 24.5 Å². The maximum Gasteiger partial charge on any atom is 0.241 e. The summed E-state index contributed by atoms with van der Waals surface area (Å²) in [5.41, 5.74) is 2.27. The minimum Gasteiger partial charge on any atom is -0.317 e. The van der Waals surface area contributed by atoms with Crippen LogP contribution in [0, 0.1) is 5.95 Å². The van der Waals surface area contributed by atoms with E-state index in [9.17, 15) is 12.8 Å². The summed E-state index contributed by atoms with van der Waals surface area (Å²) in [5.74, 6) is -0.546. The van der Waals surface area contributed by atoms with Gasteiger partial charge in [0, 0.05) is 23.8 Å². The predicted molar refractivity (Wildman–Crippen MR) is 111 cm³/mol. The van der Waals surface area contributed by atoms with Crippen LogP contribution in [0.15, 0.2) is 54.1 Å². The summed E-state index contributed by atoms with van der Waals surface area (Å²) in [6.45, 7) is 1.92. The van der Waals surface area contributed by atoms with Crippen molar-refractivity contribution in [3.05, 3.63) is 60.7 Å². The van der Waals surface area contributed by atoms with Crippen molar-refractivity contribution >= 4 is 10.0 Å². The Kier molecular flexibility index (Phi) is 5.92. The standard InChI is InChI=1S/C21H24FN5O2S/c1-2-15-10-16(17-7-9-21(22)23-12-17)6-8-20(15)30(28,29)26-18-4-3-5-19(11-18)27-13-24-25-14-27/h6-10,12-14,18-19,26H,2-5,11H2,1H3. The average Bonchev–Trinajstić information content (AvgIpc) is 3.29. The molecule has 1 aliphatic carbocycles. The zero-order valence-corrected chi connectivity index (χ0v) is 17.5. The summed E-state index contributed by atoms with van der Waals surface area (Å²) in [6, 6.07) is 8.19. The van der Waals surface area contributed by atoms with E-state index in [1.807, 2.05) is 17.6 Å². The molecule has 0 spiro atoms. The first-order valence-corrected chi connectivity index (χ1v) is 11.6. The Morgan fingerprint density at radius 1 is 1.13 bits per heavy atom. The van der Waals surface area contributed by atoms with Crippen LogP contribution in [-0.2, 0) is 16.4 Å². The molecule has 1 aromatic carbocycles. The molecule has 30 heavy (non-hydrogen) atoms. The number of nitrogens with one attached hydrogen (secondary N) is 1. The van der Waals surface area contributed by atoms with Crippen LogP contribution in [0.25, 0.3) is 11.1 Å². The second kappa shape index (κ2) is 8.61. The minimum absolute atomic E-state index is 0.137. The highest BCUT2D eigenvalue weighted by molar-refractivity contribution is 7.89. The molecule has 0 aliphatic heterocycles. The molecule has 2 atom stereocenters. The van der Waals surface area contributed by atoms with E-state index >= 15 is 0 Å². The lowest BCUT2D eigenvalue weighted by Gasteiger charge is -2.30. The third-order valence-corrected chi connectivity index (χ3v) is 7.24. The van der Waals surface area contributed by atoms with Gasteiger partial charge in [-0.15, -0.1) is 10.2 Å². The summed E-state index contributed by atoms with van der Waals surface area (Å²) in [7, 11) is -3.67. The summed E-state index contributed by atoms with van der Waals surface area (Å²) in [6.07, 6.45) is 8.80. The number of aromatic nitrogens is 4. The van der Waals surface area contributed by atoms with Gasteiger partial charge in [0.05, 0.1) is 4.90 Å². The van der Waals surface area contributed by atoms with Crippen molar-refractivity contribution in [2.75, 3.05) is 0 Å². The first-order chi connectivity index (χ1) is 14.5. The second-order valence-corrected chi connectivity index (χ2v) is 9.28. The highest BCUT2D eigenvalue weighted by atomic mass is 32.2. The Morgan fingerprint density at radius 2 is 1.90 bits per heavy atom. The molecule has 2 aromatic heterocycles. The number of halogens is 1. The van der Waals surface area contributed by atoms with Crippen LogP contribution >= 0.6 is 0 Å². The molecule has 1 saturated carbocycles. The van der Waals surface area contributed by atoms with Gasteiger partial charge in [0.2, 0.25) is 16.0 Å². The molecule has 1 fully saturated rings. The molecule has 158 valence electrons. The normalized spacial score (nSPS) is 19.7. The fourth-order valence-electron chi connectivity index (χ4n) is 4.07. The summed E-state index contributed by atoms with van der Waals surface area (Å²) < 4.78 is 44.3. The molecule has 1 N–H and O–H groups in total. The lowest BCUT2D eigenvalue weighted by Crippen LogP contribution is -2.39. The van der Waals surface area contributed by atoms with E-state index < -0.39 is 16.0 Å². The van der Waals surface area contributed by atoms with Crippen molar-refractivity contribution in [3.8, 4) is 11.1 Å². The molecule has 2 heterocycles. The third-order valence-electron chi connectivity index (χ3n) is 5.62. The summed E-state index contributed by atoms with van der Waals surface area (Å²) >= 11 is 0. The predicted octanol–water partition coefficient (Wildman–Crippen LogP) is 3.50. The van der Waals surface area contributed by atoms with Gasteiger partial charge in [-0.05, 0) is 67.5 Å². The molecule has 0 saturated heterocycles. The van der Waals surface area contributed by atoms with Crippen molar-refractivity contribution in [2.45, 2.75) is 56.0 Å². The topological polar surface area (TPSA) is 89.8 Å². The molecular formula is C21H24FN5O2S. The van der Waals surface area contributed by atoms with E-state index in [1.165, 1.54) is 12.3 Å². The highest BCUT2D eigenvalue weighted by Crippen LogP contribution is 2.30. The Labute approximate surface area is 175 Å². The summed E-state index contributed by atoms with van der Waals surface area (Å²) in [5, 5.41) is 7.71. The smallest absolute Gasteiger partial charge is 0.241 e. The molecule has 1 aliphatic rings. The van der Waals surface area contributed by atoms with Crippen molar-refractivity contribution in [3.63, 3.8) is 0 Å². The molecular weight excluding hydrogens is 405 g/mol. The van der Waals surface area contributed by atoms with Crippen LogP contribution in [-0.4, -0.2) is 34.2 Å². The fourth-order valence-corrected chi connectivity index (χ4v) is 5.64. The monoisotopic (exact) mass is 429 g/mol. The lowest BCUT2D eigenvalue weighted by molar-refractivity contribution is 0.305. The number of rotatable bonds is 6. The van der Waals surface area contributed by atoms with E-state index in [0.717, 1.165) is 36.0 Å². The van der Waals surface area contributed by atoms with Crippen LogP contribution < -0.4 is 4.72 Å². The molecule has 2 unspecified atom stereocenters. The third kappa shape index (κ3) is 4.41. The molecule has 3 aromatic rings. The van der Waals surface area contributed by atoms with Crippen molar-refractivity contribution in [2.24, 2.45) is 0 Å². The van der Waals surface area contributed by atoms with Crippen LogP contribution in [0.1, 0.15) is 44.2 Å². The van der Waals surface area contributed by atoms with Gasteiger partial charge in [0.1, 0.15) is 12.7 Å². The highest BCUT2D eigenvalue weighted by Gasteiger charge is 2.28. The number of hydrogen-bond acceptors (Lipinski definition) is 5. The Morgan fingerprint density at radius 3 is 2.60 bits per heavy atom. The fraction of sp³-hybridized carbons (Fsp3) is 0.381. The number of sulfonamides is 1. The molecule has 0 amide bonds. The van der Waals surface area contributed by atoms with E-state index in [4.69, 9.17) is 0 Å². The maximum atomic E-state index is 13.2. The minimum atomic E-state index is -3.67. The zero-order chi connectivity index (χ0) is 21.1. The van der Waals surface area contributed by atoms with Crippen molar-refractivity contribution < 1.29 is 12.8 Å². The number of nitrogens with zero attached hydrogens (tertiary/aromatic N) is 4. The van der Waals surface area contributed by atoms with Crippen LogP contribution in [0.5, 0.6) is 0 Å². The Hall–Kier alpha value is -2.65. The SMILES string of the molecule is CCc1cc(-c2ccc(F)nc2)ccc1S(=O)(=O)NC1CCCC(n2cnnc2)C1. The van der Waals surface area contributed by atoms with Gasteiger partial charge in [-0.25, -0.2) is 18.1 Å². The quantitative estimate of drug-likeness (QED) is 0.606. The van der Waals surface area contributed by atoms with E-state index in [2.05, 4.69) is 19.9 Å². The van der Waals surface area contributed by atoms with Gasteiger partial charge in [0.25, 0.3) is 0 Å². The average molecular weight is 430 g/mol. The zero-order valence-electron chi connectivity index (χ0n) is 16.7. The summed E-state index contributed by atoms with van der Waals surface area (Å²) in [4.78, 5) is 3.97. The van der Waals surface area contributed by atoms with Gasteiger partial charge in [0.15, 0.2) is 0 Å². The largest absolute Gasteiger partial charge is 0.317 e. The van der Waals surface area contributed by atoms with Gasteiger partial charge in [-0.2, -0.15) is 4.39 Å². The van der Waals surface area contributed by atoms with E-state index in [1.54, 1.807) is 30.9 Å². The second-order valence-electron chi connectivity index (χ2n) is 7.59. The molecule has 7 nitrogen and oxygen atoms in total. The number of benzene rings is 1. The number of hydrogen-bond donors (Lipinski definition) is 1. The van der Waals surface area contributed by atoms with Crippen molar-refractivity contribution in [1.29, 1.82) is 0 Å². The lowest BCUT2D eigenvalue weighted by atomic mass is 9.91. The Bertz CT molecular complexity index is 1100. The number of pyridine rings is 1. The maximum absolute atomic E-state index is 13.2. The Balaban J connectivity index is 1.55. The molecule has 0 radical (unpaired) electrons. The van der Waals surface area contributed by atoms with Gasteiger partial charge >= 0.3 is 0 Å². The molecule has 9 heteroatoms. The van der Waals surface area contributed by atoms with E-state index in [0.29, 0.717) is 12.8 Å². The van der Waals surface area contributed by atoms with Gasteiger partial charge in [-0.1, -0.05) is 13.0 Å². The molecule has 4 rings (SSSR count). The van der Waals surface area contributed by atoms with E-state index in [-0.39, 0.29) is 17.0 Å². The first-order valence-electron chi connectivity index (χ1n) is 10.1. The number of aryl methyl sites for hydroxylation is 1. The van der Waals surface area contributed by atoms with Crippen LogP contribution in [0.4, 0.5) is 4.39 Å². The van der Waals surface area contributed by atoms with Gasteiger partial charge < -0.3 is 4.57 Å². The first kappa shape index (κ1) is 20.6.